The maximum Gasteiger partial charge on any atom is 0.305 e. The number of carbonyl (C=O) groups is 2. The van der Waals surface area contributed by atoms with Crippen LogP contribution in [-0.2, 0) is 14.3 Å². The fourth-order valence-corrected chi connectivity index (χ4v) is 9.70. The van der Waals surface area contributed by atoms with Gasteiger partial charge in [-0.3, -0.25) is 9.59 Å². The molecule has 0 aromatic heterocycles. The zero-order chi connectivity index (χ0) is 52.2. The average Bonchev–Trinajstić information content (AvgIpc) is 3.38. The molecule has 3 N–H and O–H groups in total. The van der Waals surface area contributed by atoms with Gasteiger partial charge in [-0.25, -0.2) is 0 Å². The second kappa shape index (κ2) is 61.4. The molecule has 2 atom stereocenters. The number of esters is 1. The molecule has 0 rings (SSSR count). The van der Waals surface area contributed by atoms with Crippen molar-refractivity contribution in [1.82, 2.24) is 5.32 Å². The molecular weight excluding hydrogens is 887 g/mol. The van der Waals surface area contributed by atoms with Crippen LogP contribution in [0, 0.1) is 0 Å². The van der Waals surface area contributed by atoms with Gasteiger partial charge in [-0.1, -0.05) is 281 Å². The molecule has 6 heteroatoms. The van der Waals surface area contributed by atoms with Crippen molar-refractivity contribution in [3.63, 3.8) is 0 Å². The Morgan fingerprint density at radius 2 is 0.694 bits per heavy atom. The largest absolute Gasteiger partial charge is 0.466 e. The Morgan fingerprint density at radius 1 is 0.389 bits per heavy atom. The topological polar surface area (TPSA) is 95.9 Å². The minimum absolute atomic E-state index is 0.00501. The lowest BCUT2D eigenvalue weighted by Gasteiger charge is -2.22. The van der Waals surface area contributed by atoms with E-state index in [0.717, 1.165) is 57.8 Å². The maximum atomic E-state index is 12.4. The van der Waals surface area contributed by atoms with E-state index in [1.54, 1.807) is 0 Å². The number of carbonyl (C=O) groups excluding carboxylic acids is 2. The number of amides is 1. The van der Waals surface area contributed by atoms with Crippen molar-refractivity contribution in [2.45, 2.75) is 347 Å². The molecule has 0 aliphatic rings. The van der Waals surface area contributed by atoms with Crippen molar-refractivity contribution in [2.75, 3.05) is 13.2 Å². The van der Waals surface area contributed by atoms with E-state index in [1.165, 1.54) is 244 Å². The normalized spacial score (nSPS) is 12.9. The first kappa shape index (κ1) is 69.8. The Labute approximate surface area is 448 Å². The van der Waals surface area contributed by atoms with Gasteiger partial charge < -0.3 is 20.3 Å². The molecule has 0 spiro atoms. The monoisotopic (exact) mass is 1010 g/mol. The molecule has 0 fully saturated rings. The lowest BCUT2D eigenvalue weighted by Crippen LogP contribution is -2.45. The summed E-state index contributed by atoms with van der Waals surface area (Å²) in [7, 11) is 0. The molecular formula is C66H123NO5. The summed E-state index contributed by atoms with van der Waals surface area (Å²) in [5.41, 5.74) is 0. The second-order valence-corrected chi connectivity index (χ2v) is 21.7. The van der Waals surface area contributed by atoms with Crippen LogP contribution in [0.25, 0.3) is 0 Å². The number of unbranched alkanes of at least 4 members (excludes halogenated alkanes) is 40. The van der Waals surface area contributed by atoms with Crippen LogP contribution in [0.2, 0.25) is 0 Å². The molecule has 0 radical (unpaired) electrons. The predicted molar refractivity (Wildman–Crippen MR) is 315 cm³/mol. The summed E-state index contributed by atoms with van der Waals surface area (Å²) in [6, 6.07) is -0.545. The molecule has 6 nitrogen and oxygen atoms in total. The van der Waals surface area contributed by atoms with Gasteiger partial charge in [-0.15, -0.1) is 0 Å². The fourth-order valence-electron chi connectivity index (χ4n) is 9.70. The molecule has 0 aromatic rings. The Balaban J connectivity index is 3.41. The van der Waals surface area contributed by atoms with Gasteiger partial charge in [-0.05, 0) is 89.9 Å². The van der Waals surface area contributed by atoms with Crippen LogP contribution >= 0.6 is 0 Å². The molecule has 72 heavy (non-hydrogen) atoms. The van der Waals surface area contributed by atoms with Gasteiger partial charge in [-0.2, -0.15) is 0 Å². The summed E-state index contributed by atoms with van der Waals surface area (Å²) >= 11 is 0. The molecule has 0 bridgehead atoms. The minimum atomic E-state index is -0.667. The van der Waals surface area contributed by atoms with E-state index in [-0.39, 0.29) is 18.5 Å². The third kappa shape index (κ3) is 57.1. The number of aliphatic hydroxyl groups is 2. The Morgan fingerprint density at radius 3 is 1.08 bits per heavy atom. The minimum Gasteiger partial charge on any atom is -0.466 e. The summed E-state index contributed by atoms with van der Waals surface area (Å²) < 4.78 is 5.49. The van der Waals surface area contributed by atoms with Gasteiger partial charge >= 0.3 is 5.97 Å². The van der Waals surface area contributed by atoms with Crippen LogP contribution in [0.1, 0.15) is 335 Å². The number of rotatable bonds is 59. The van der Waals surface area contributed by atoms with E-state index < -0.39 is 12.1 Å². The molecule has 0 aliphatic carbocycles. The van der Waals surface area contributed by atoms with Crippen LogP contribution in [0.5, 0.6) is 0 Å². The predicted octanol–water partition coefficient (Wildman–Crippen LogP) is 20.1. The van der Waals surface area contributed by atoms with Gasteiger partial charge in [0.2, 0.25) is 5.91 Å². The molecule has 2 unspecified atom stereocenters. The van der Waals surface area contributed by atoms with Crippen molar-refractivity contribution >= 4 is 11.9 Å². The number of hydrogen-bond donors (Lipinski definition) is 3. The lowest BCUT2D eigenvalue weighted by molar-refractivity contribution is -0.143. The van der Waals surface area contributed by atoms with Crippen molar-refractivity contribution < 1.29 is 24.5 Å². The first-order chi connectivity index (χ1) is 35.5. The van der Waals surface area contributed by atoms with E-state index in [2.05, 4.69) is 67.8 Å². The van der Waals surface area contributed by atoms with Crippen LogP contribution < -0.4 is 5.32 Å². The summed E-state index contributed by atoms with van der Waals surface area (Å²) in [5, 5.41) is 23.2. The summed E-state index contributed by atoms with van der Waals surface area (Å²) in [6.45, 7) is 4.92. The standard InChI is InChI=1S/C66H123NO5/c1-3-5-7-9-11-13-15-16-17-18-26-30-33-36-40-44-48-52-56-60-66(71)72-61-57-53-49-45-41-37-34-31-28-25-23-21-19-20-22-24-27-29-32-35-39-43-47-51-55-59-65(70)67-63(62-68)64(69)58-54-50-46-42-38-14-12-10-8-6-4-2/h11,13,16-17,20-23,63-64,68-69H,3-10,12,14-15,18-19,24-62H2,1-2H3,(H,67,70)/b13-11-,17-16-,22-20-,23-21-. The highest BCUT2D eigenvalue weighted by molar-refractivity contribution is 5.76. The highest BCUT2D eigenvalue weighted by Gasteiger charge is 2.20. The molecule has 422 valence electrons. The summed E-state index contributed by atoms with van der Waals surface area (Å²) in [4.78, 5) is 24.5. The molecule has 0 aromatic carbocycles. The number of hydrogen-bond acceptors (Lipinski definition) is 5. The molecule has 0 heterocycles. The number of allylic oxidation sites excluding steroid dienone is 8. The maximum absolute atomic E-state index is 12.4. The quantitative estimate of drug-likeness (QED) is 0.0320. The fraction of sp³-hybridized carbons (Fsp3) is 0.848. The van der Waals surface area contributed by atoms with E-state index in [9.17, 15) is 19.8 Å². The first-order valence-corrected chi connectivity index (χ1v) is 31.9. The number of ether oxygens (including phenoxy) is 1. The van der Waals surface area contributed by atoms with Gasteiger partial charge in [0, 0.05) is 12.8 Å². The highest BCUT2D eigenvalue weighted by atomic mass is 16.5. The van der Waals surface area contributed by atoms with Crippen LogP contribution in [0.3, 0.4) is 0 Å². The van der Waals surface area contributed by atoms with Crippen molar-refractivity contribution in [3.05, 3.63) is 48.6 Å². The molecule has 0 saturated carbocycles. The third-order valence-electron chi connectivity index (χ3n) is 14.6. The van der Waals surface area contributed by atoms with Gasteiger partial charge in [0.1, 0.15) is 0 Å². The van der Waals surface area contributed by atoms with Gasteiger partial charge in [0.05, 0.1) is 25.4 Å². The van der Waals surface area contributed by atoms with Crippen molar-refractivity contribution in [1.29, 1.82) is 0 Å². The Hall–Kier alpha value is -2.18. The molecule has 0 saturated heterocycles. The average molecular weight is 1010 g/mol. The smallest absolute Gasteiger partial charge is 0.305 e. The summed E-state index contributed by atoms with van der Waals surface area (Å²) in [5.74, 6) is -0.0370. The van der Waals surface area contributed by atoms with E-state index in [0.29, 0.717) is 25.9 Å². The van der Waals surface area contributed by atoms with Gasteiger partial charge in [0.25, 0.3) is 0 Å². The Kier molecular flexibility index (Phi) is 59.5. The lowest BCUT2D eigenvalue weighted by atomic mass is 10.0. The zero-order valence-electron chi connectivity index (χ0n) is 48.2. The third-order valence-corrected chi connectivity index (χ3v) is 14.6. The van der Waals surface area contributed by atoms with Crippen molar-refractivity contribution in [3.8, 4) is 0 Å². The Bertz CT molecular complexity index is 1210. The van der Waals surface area contributed by atoms with Crippen LogP contribution in [0.4, 0.5) is 0 Å². The van der Waals surface area contributed by atoms with Gasteiger partial charge in [0.15, 0.2) is 0 Å². The van der Waals surface area contributed by atoms with E-state index >= 15 is 0 Å². The summed E-state index contributed by atoms with van der Waals surface area (Å²) in [6.07, 6.45) is 78.4. The number of aliphatic hydroxyl groups excluding tert-OH is 2. The molecule has 0 aliphatic heterocycles. The van der Waals surface area contributed by atoms with E-state index in [1.807, 2.05) is 0 Å². The van der Waals surface area contributed by atoms with Crippen LogP contribution in [0.15, 0.2) is 48.6 Å². The first-order valence-electron chi connectivity index (χ1n) is 31.9. The number of nitrogens with one attached hydrogen (secondary N) is 1. The zero-order valence-corrected chi connectivity index (χ0v) is 48.2. The highest BCUT2D eigenvalue weighted by Crippen LogP contribution is 2.17. The second-order valence-electron chi connectivity index (χ2n) is 21.7. The molecule has 1 amide bonds. The van der Waals surface area contributed by atoms with Crippen molar-refractivity contribution in [2.24, 2.45) is 0 Å². The van der Waals surface area contributed by atoms with Crippen LogP contribution in [-0.4, -0.2) is 47.4 Å². The van der Waals surface area contributed by atoms with E-state index in [4.69, 9.17) is 4.74 Å². The SMILES string of the molecule is CCCCC/C=C\C/C=C\CCCCCCCCCCCC(=O)OCCCCCCCCCCC/C=C\C/C=C\CCCCCCCCCCCC(=O)NC(CO)C(O)CCCCCCCCCCCCC.